The summed E-state index contributed by atoms with van der Waals surface area (Å²) in [6, 6.07) is 25.1. The van der Waals surface area contributed by atoms with Crippen molar-refractivity contribution in [1.82, 2.24) is 10.2 Å². The van der Waals surface area contributed by atoms with E-state index in [1.807, 2.05) is 36.4 Å². The molecule has 4 heteroatoms. The molecule has 34 heavy (non-hydrogen) atoms. The summed E-state index contributed by atoms with van der Waals surface area (Å²) in [5.41, 5.74) is 5.02. The number of halogens is 1. The molecule has 0 unspecified atom stereocenters. The number of amides is 1. The fourth-order valence-electron chi connectivity index (χ4n) is 4.88. The Balaban J connectivity index is 1.41. The van der Waals surface area contributed by atoms with Crippen LogP contribution in [0.1, 0.15) is 41.5 Å². The summed E-state index contributed by atoms with van der Waals surface area (Å²) in [7, 11) is 0. The maximum atomic E-state index is 13.6. The largest absolute Gasteiger partial charge is 0.375 e. The topological polar surface area (TPSA) is 32.3 Å². The first kappa shape index (κ1) is 23.7. The molecular weight excluding hydrogens is 423 g/mol. The Kier molecular flexibility index (Phi) is 7.46. The van der Waals surface area contributed by atoms with Crippen LogP contribution in [-0.2, 0) is 23.2 Å². The van der Waals surface area contributed by atoms with Crippen LogP contribution in [0, 0.1) is 12.7 Å². The van der Waals surface area contributed by atoms with E-state index in [9.17, 15) is 9.18 Å². The molecule has 0 spiro atoms. The number of carbonyl (C=O) groups excluding carboxylic acids is 1. The van der Waals surface area contributed by atoms with Gasteiger partial charge in [-0.25, -0.2) is 4.39 Å². The standard InChI is InChI=1S/C30H33FN2O/c1-23-7-6-8-26(21-23)22-32-29(34)30(27-9-4-3-5-10-27)17-19-33(20-18-30)24(2)11-12-25-13-15-28(31)16-14-25/h3-10,13-16,21H,2,11-12,17-20,22H2,1H3,(H,32,34). The Bertz CT molecular complexity index is 1120. The summed E-state index contributed by atoms with van der Waals surface area (Å²) in [5, 5.41) is 3.22. The summed E-state index contributed by atoms with van der Waals surface area (Å²) in [6.45, 7) is 8.48. The number of nitrogens with zero attached hydrogens (tertiary/aromatic N) is 1. The quantitative estimate of drug-likeness (QED) is 0.456. The first-order chi connectivity index (χ1) is 16.5. The summed E-state index contributed by atoms with van der Waals surface area (Å²) in [4.78, 5) is 15.9. The van der Waals surface area contributed by atoms with Crippen LogP contribution in [0.2, 0.25) is 0 Å². The highest BCUT2D eigenvalue weighted by molar-refractivity contribution is 5.88. The molecule has 1 saturated heterocycles. The van der Waals surface area contributed by atoms with Crippen molar-refractivity contribution in [3.63, 3.8) is 0 Å². The number of piperidine rings is 1. The van der Waals surface area contributed by atoms with Gasteiger partial charge < -0.3 is 10.2 Å². The molecule has 3 aromatic rings. The van der Waals surface area contributed by atoms with Crippen LogP contribution < -0.4 is 5.32 Å². The number of nitrogens with one attached hydrogen (secondary N) is 1. The lowest BCUT2D eigenvalue weighted by molar-refractivity contribution is -0.128. The van der Waals surface area contributed by atoms with Crippen molar-refractivity contribution in [3.05, 3.63) is 119 Å². The van der Waals surface area contributed by atoms with Gasteiger partial charge in [-0.05, 0) is 61.4 Å². The monoisotopic (exact) mass is 456 g/mol. The van der Waals surface area contributed by atoms with Gasteiger partial charge in [0.1, 0.15) is 5.82 Å². The number of hydrogen-bond donors (Lipinski definition) is 1. The normalized spacial score (nSPS) is 15.1. The van der Waals surface area contributed by atoms with E-state index in [-0.39, 0.29) is 11.7 Å². The average molecular weight is 457 g/mol. The molecule has 0 bridgehead atoms. The van der Waals surface area contributed by atoms with Gasteiger partial charge in [-0.15, -0.1) is 0 Å². The summed E-state index contributed by atoms with van der Waals surface area (Å²) >= 11 is 0. The molecule has 4 rings (SSSR count). The van der Waals surface area contributed by atoms with Crippen molar-refractivity contribution in [2.75, 3.05) is 13.1 Å². The molecule has 0 radical (unpaired) electrons. The highest BCUT2D eigenvalue weighted by Gasteiger charge is 2.42. The Morgan fingerprint density at radius 2 is 1.68 bits per heavy atom. The van der Waals surface area contributed by atoms with Gasteiger partial charge in [0.15, 0.2) is 0 Å². The second-order valence-corrected chi connectivity index (χ2v) is 9.30. The summed E-state index contributed by atoms with van der Waals surface area (Å²) in [6.07, 6.45) is 3.14. The van der Waals surface area contributed by atoms with E-state index in [4.69, 9.17) is 0 Å². The highest BCUT2D eigenvalue weighted by Crippen LogP contribution is 2.37. The first-order valence-corrected chi connectivity index (χ1v) is 12.0. The Morgan fingerprint density at radius 1 is 0.971 bits per heavy atom. The maximum absolute atomic E-state index is 13.6. The molecule has 1 N–H and O–H groups in total. The van der Waals surface area contributed by atoms with Gasteiger partial charge in [-0.3, -0.25) is 4.79 Å². The lowest BCUT2D eigenvalue weighted by atomic mass is 9.71. The molecule has 1 fully saturated rings. The zero-order valence-corrected chi connectivity index (χ0v) is 19.9. The van der Waals surface area contributed by atoms with E-state index in [2.05, 4.69) is 54.1 Å². The van der Waals surface area contributed by atoms with E-state index in [0.29, 0.717) is 6.54 Å². The maximum Gasteiger partial charge on any atom is 0.231 e. The number of rotatable bonds is 8. The van der Waals surface area contributed by atoms with E-state index in [1.165, 1.54) is 17.7 Å². The number of benzene rings is 3. The van der Waals surface area contributed by atoms with Crippen LogP contribution in [0.5, 0.6) is 0 Å². The van der Waals surface area contributed by atoms with E-state index in [0.717, 1.165) is 61.2 Å². The van der Waals surface area contributed by atoms with Crippen LogP contribution in [0.4, 0.5) is 4.39 Å². The number of aryl methyl sites for hydroxylation is 2. The third-order valence-corrected chi connectivity index (χ3v) is 6.98. The molecule has 0 saturated carbocycles. The van der Waals surface area contributed by atoms with E-state index in [1.54, 1.807) is 0 Å². The SMILES string of the molecule is C=C(CCc1ccc(F)cc1)N1CCC(C(=O)NCc2cccc(C)c2)(c2ccccc2)CC1. The fourth-order valence-corrected chi connectivity index (χ4v) is 4.88. The van der Waals surface area contributed by atoms with Gasteiger partial charge in [0.05, 0.1) is 5.41 Å². The number of hydrogen-bond acceptors (Lipinski definition) is 2. The number of likely N-dealkylation sites (tertiary alicyclic amines) is 1. The van der Waals surface area contributed by atoms with Crippen molar-refractivity contribution in [1.29, 1.82) is 0 Å². The molecule has 1 heterocycles. The Morgan fingerprint density at radius 3 is 2.35 bits per heavy atom. The third-order valence-electron chi connectivity index (χ3n) is 6.98. The summed E-state index contributed by atoms with van der Waals surface area (Å²) < 4.78 is 13.2. The Hall–Kier alpha value is -3.40. The molecule has 0 atom stereocenters. The second-order valence-electron chi connectivity index (χ2n) is 9.30. The van der Waals surface area contributed by atoms with Crippen LogP contribution >= 0.6 is 0 Å². The minimum absolute atomic E-state index is 0.0942. The molecular formula is C30H33FN2O. The molecule has 1 amide bonds. The lowest BCUT2D eigenvalue weighted by Gasteiger charge is -2.42. The summed E-state index contributed by atoms with van der Waals surface area (Å²) in [5.74, 6) is -0.117. The van der Waals surface area contributed by atoms with Crippen molar-refractivity contribution < 1.29 is 9.18 Å². The fraction of sp³-hybridized carbons (Fsp3) is 0.300. The van der Waals surface area contributed by atoms with Crippen molar-refractivity contribution >= 4 is 5.91 Å². The van der Waals surface area contributed by atoms with Crippen molar-refractivity contribution in [3.8, 4) is 0 Å². The third kappa shape index (κ3) is 5.56. The highest BCUT2D eigenvalue weighted by atomic mass is 19.1. The van der Waals surface area contributed by atoms with Gasteiger partial charge in [0.2, 0.25) is 5.91 Å². The molecule has 0 aliphatic carbocycles. The number of carbonyl (C=O) groups is 1. The van der Waals surface area contributed by atoms with Crippen LogP contribution in [0.15, 0.2) is 91.1 Å². The van der Waals surface area contributed by atoms with Crippen molar-refractivity contribution in [2.45, 2.75) is 44.6 Å². The van der Waals surface area contributed by atoms with Gasteiger partial charge in [0, 0.05) is 25.3 Å². The molecule has 1 aliphatic heterocycles. The molecule has 176 valence electrons. The molecule has 0 aromatic heterocycles. The van der Waals surface area contributed by atoms with Gasteiger partial charge in [0.25, 0.3) is 0 Å². The van der Waals surface area contributed by atoms with Crippen LogP contribution in [0.3, 0.4) is 0 Å². The Labute approximate surface area is 202 Å². The minimum atomic E-state index is -0.543. The molecule has 3 nitrogen and oxygen atoms in total. The van der Waals surface area contributed by atoms with Crippen LogP contribution in [-0.4, -0.2) is 23.9 Å². The lowest BCUT2D eigenvalue weighted by Crippen LogP contribution is -2.51. The smallest absolute Gasteiger partial charge is 0.231 e. The predicted octanol–water partition coefficient (Wildman–Crippen LogP) is 5.93. The zero-order chi connectivity index (χ0) is 24.0. The van der Waals surface area contributed by atoms with Gasteiger partial charge in [-0.2, -0.15) is 0 Å². The van der Waals surface area contributed by atoms with E-state index < -0.39 is 5.41 Å². The molecule has 1 aliphatic rings. The first-order valence-electron chi connectivity index (χ1n) is 12.0. The van der Waals surface area contributed by atoms with Gasteiger partial charge >= 0.3 is 0 Å². The predicted molar refractivity (Wildman–Crippen MR) is 136 cm³/mol. The van der Waals surface area contributed by atoms with Crippen LogP contribution in [0.25, 0.3) is 0 Å². The zero-order valence-electron chi connectivity index (χ0n) is 19.9. The van der Waals surface area contributed by atoms with Crippen molar-refractivity contribution in [2.24, 2.45) is 0 Å². The average Bonchev–Trinajstić information content (AvgIpc) is 2.87. The van der Waals surface area contributed by atoms with E-state index >= 15 is 0 Å². The number of allylic oxidation sites excluding steroid dienone is 1. The molecule has 3 aromatic carbocycles. The van der Waals surface area contributed by atoms with Gasteiger partial charge in [-0.1, -0.05) is 78.9 Å². The minimum Gasteiger partial charge on any atom is -0.375 e. The second kappa shape index (κ2) is 10.7.